The summed E-state index contributed by atoms with van der Waals surface area (Å²) in [6.07, 6.45) is 5.85. The summed E-state index contributed by atoms with van der Waals surface area (Å²) in [6.45, 7) is 5.77. The number of anilines is 1. The fraction of sp³-hybridized carbons (Fsp3) is 0.636. The first kappa shape index (κ1) is 12.0. The molecule has 1 N–H and O–H groups in total. The molecule has 0 unspecified atom stereocenters. The van der Waals surface area contributed by atoms with Gasteiger partial charge in [0.15, 0.2) is 0 Å². The highest BCUT2D eigenvalue weighted by Crippen LogP contribution is 2.18. The average Bonchev–Trinajstić information content (AvgIpc) is 2.33. The molecule has 1 aromatic heterocycles. The molecule has 0 amide bonds. The van der Waals surface area contributed by atoms with Gasteiger partial charge in [-0.1, -0.05) is 6.92 Å². The summed E-state index contributed by atoms with van der Waals surface area (Å²) in [5, 5.41) is 3.51. The van der Waals surface area contributed by atoms with Crippen molar-refractivity contribution in [3.05, 3.63) is 16.1 Å². The third kappa shape index (κ3) is 3.04. The SMILES string of the molecule is CCN1CCC(Nc2ncncc2I)CC1. The second-order valence-electron chi connectivity index (χ2n) is 4.07. The lowest BCUT2D eigenvalue weighted by Crippen LogP contribution is -2.39. The van der Waals surface area contributed by atoms with Crippen LogP contribution in [0.15, 0.2) is 12.5 Å². The maximum atomic E-state index is 4.27. The molecule has 0 atom stereocenters. The van der Waals surface area contributed by atoms with Crippen LogP contribution in [0.2, 0.25) is 0 Å². The normalized spacial score (nSPS) is 18.6. The maximum absolute atomic E-state index is 4.27. The lowest BCUT2D eigenvalue weighted by molar-refractivity contribution is 0.229. The summed E-state index contributed by atoms with van der Waals surface area (Å²) in [7, 11) is 0. The molecule has 2 rings (SSSR count). The summed E-state index contributed by atoms with van der Waals surface area (Å²) < 4.78 is 1.10. The van der Waals surface area contributed by atoms with Gasteiger partial charge in [-0.15, -0.1) is 0 Å². The van der Waals surface area contributed by atoms with Gasteiger partial charge >= 0.3 is 0 Å². The number of nitrogens with zero attached hydrogens (tertiary/aromatic N) is 3. The molecule has 1 fully saturated rings. The minimum Gasteiger partial charge on any atom is -0.366 e. The predicted molar refractivity (Wildman–Crippen MR) is 73.5 cm³/mol. The molecule has 16 heavy (non-hydrogen) atoms. The highest BCUT2D eigenvalue weighted by molar-refractivity contribution is 14.1. The quantitative estimate of drug-likeness (QED) is 0.860. The minimum atomic E-state index is 0.561. The zero-order valence-electron chi connectivity index (χ0n) is 9.49. The van der Waals surface area contributed by atoms with Crippen molar-refractivity contribution in [2.24, 2.45) is 0 Å². The van der Waals surface area contributed by atoms with Gasteiger partial charge in [-0.25, -0.2) is 9.97 Å². The van der Waals surface area contributed by atoms with E-state index in [9.17, 15) is 0 Å². The van der Waals surface area contributed by atoms with Crippen LogP contribution in [-0.2, 0) is 0 Å². The lowest BCUT2D eigenvalue weighted by Gasteiger charge is -2.31. The monoisotopic (exact) mass is 332 g/mol. The summed E-state index contributed by atoms with van der Waals surface area (Å²) in [5.41, 5.74) is 0. The molecule has 0 aromatic carbocycles. The molecular weight excluding hydrogens is 315 g/mol. The molecule has 4 nitrogen and oxygen atoms in total. The van der Waals surface area contributed by atoms with Crippen LogP contribution in [-0.4, -0.2) is 40.5 Å². The minimum absolute atomic E-state index is 0.561. The molecule has 0 radical (unpaired) electrons. The molecule has 0 bridgehead atoms. The molecular formula is C11H17IN4. The highest BCUT2D eigenvalue weighted by Gasteiger charge is 2.18. The Bertz CT molecular complexity index is 337. The number of likely N-dealkylation sites (tertiary alicyclic amines) is 1. The number of hydrogen-bond donors (Lipinski definition) is 1. The van der Waals surface area contributed by atoms with Gasteiger partial charge in [0, 0.05) is 25.3 Å². The predicted octanol–water partition coefficient (Wildman–Crippen LogP) is 1.98. The van der Waals surface area contributed by atoms with Gasteiger partial charge in [0.2, 0.25) is 0 Å². The van der Waals surface area contributed by atoms with E-state index in [1.54, 1.807) is 6.33 Å². The van der Waals surface area contributed by atoms with Crippen molar-refractivity contribution in [1.29, 1.82) is 0 Å². The number of rotatable bonds is 3. The first-order valence-electron chi connectivity index (χ1n) is 5.74. The smallest absolute Gasteiger partial charge is 0.143 e. The largest absolute Gasteiger partial charge is 0.366 e. The van der Waals surface area contributed by atoms with Gasteiger partial charge < -0.3 is 10.2 Å². The molecule has 1 aliphatic rings. The van der Waals surface area contributed by atoms with Crippen LogP contribution in [0.1, 0.15) is 19.8 Å². The van der Waals surface area contributed by atoms with E-state index >= 15 is 0 Å². The van der Waals surface area contributed by atoms with Crippen LogP contribution in [0, 0.1) is 3.57 Å². The Morgan fingerprint density at radius 1 is 1.50 bits per heavy atom. The fourth-order valence-corrected chi connectivity index (χ4v) is 2.46. The summed E-state index contributed by atoms with van der Waals surface area (Å²) in [4.78, 5) is 10.8. The number of piperidine rings is 1. The third-order valence-electron chi connectivity index (χ3n) is 3.04. The van der Waals surface area contributed by atoms with Gasteiger partial charge in [-0.2, -0.15) is 0 Å². The standard InChI is InChI=1S/C11H17IN4/c1-2-16-5-3-9(4-6-16)15-11-10(12)7-13-8-14-11/h7-9H,2-6H2,1H3,(H,13,14,15). The van der Waals surface area contributed by atoms with Crippen molar-refractivity contribution in [3.8, 4) is 0 Å². The van der Waals surface area contributed by atoms with Crippen LogP contribution >= 0.6 is 22.6 Å². The Morgan fingerprint density at radius 2 is 2.25 bits per heavy atom. The topological polar surface area (TPSA) is 41.0 Å². The second-order valence-corrected chi connectivity index (χ2v) is 5.23. The van der Waals surface area contributed by atoms with Crippen molar-refractivity contribution in [1.82, 2.24) is 14.9 Å². The zero-order chi connectivity index (χ0) is 11.4. The summed E-state index contributed by atoms with van der Waals surface area (Å²) >= 11 is 2.27. The maximum Gasteiger partial charge on any atom is 0.143 e. The van der Waals surface area contributed by atoms with Gasteiger partial charge in [-0.3, -0.25) is 0 Å². The lowest BCUT2D eigenvalue weighted by atomic mass is 10.1. The highest BCUT2D eigenvalue weighted by atomic mass is 127. The van der Waals surface area contributed by atoms with E-state index < -0.39 is 0 Å². The van der Waals surface area contributed by atoms with Crippen LogP contribution < -0.4 is 5.32 Å². The Morgan fingerprint density at radius 3 is 2.88 bits per heavy atom. The van der Waals surface area contributed by atoms with E-state index in [4.69, 9.17) is 0 Å². The first-order chi connectivity index (χ1) is 7.79. The van der Waals surface area contributed by atoms with Gasteiger partial charge in [0.05, 0.1) is 3.57 Å². The Labute approximate surface area is 110 Å². The summed E-state index contributed by atoms with van der Waals surface area (Å²) in [6, 6.07) is 0.561. The van der Waals surface area contributed by atoms with Gasteiger partial charge in [0.25, 0.3) is 0 Å². The van der Waals surface area contributed by atoms with Crippen molar-refractivity contribution in [2.75, 3.05) is 25.0 Å². The van der Waals surface area contributed by atoms with E-state index in [2.05, 4.69) is 49.7 Å². The van der Waals surface area contributed by atoms with Gasteiger partial charge in [0.1, 0.15) is 12.1 Å². The van der Waals surface area contributed by atoms with E-state index in [1.807, 2.05) is 6.20 Å². The molecule has 1 saturated heterocycles. The molecule has 1 aliphatic heterocycles. The summed E-state index contributed by atoms with van der Waals surface area (Å²) in [5.74, 6) is 0.977. The van der Waals surface area contributed by atoms with Crippen molar-refractivity contribution >= 4 is 28.4 Å². The number of nitrogens with one attached hydrogen (secondary N) is 1. The number of hydrogen-bond acceptors (Lipinski definition) is 4. The Balaban J connectivity index is 1.89. The fourth-order valence-electron chi connectivity index (χ4n) is 2.01. The van der Waals surface area contributed by atoms with E-state index in [-0.39, 0.29) is 0 Å². The second kappa shape index (κ2) is 5.77. The van der Waals surface area contributed by atoms with E-state index in [0.29, 0.717) is 6.04 Å². The Hall–Kier alpha value is -0.430. The molecule has 88 valence electrons. The molecule has 0 spiro atoms. The van der Waals surface area contributed by atoms with Crippen LogP contribution in [0.25, 0.3) is 0 Å². The van der Waals surface area contributed by atoms with Crippen LogP contribution in [0.4, 0.5) is 5.82 Å². The van der Waals surface area contributed by atoms with E-state index in [1.165, 1.54) is 25.9 Å². The molecule has 5 heteroatoms. The zero-order valence-corrected chi connectivity index (χ0v) is 11.6. The van der Waals surface area contributed by atoms with Gasteiger partial charge in [-0.05, 0) is 42.0 Å². The molecule has 0 aliphatic carbocycles. The third-order valence-corrected chi connectivity index (χ3v) is 3.83. The molecule has 2 heterocycles. The van der Waals surface area contributed by atoms with Crippen molar-refractivity contribution in [3.63, 3.8) is 0 Å². The molecule has 1 aromatic rings. The number of halogens is 1. The number of aromatic nitrogens is 2. The average molecular weight is 332 g/mol. The van der Waals surface area contributed by atoms with Crippen molar-refractivity contribution < 1.29 is 0 Å². The molecule has 0 saturated carbocycles. The van der Waals surface area contributed by atoms with E-state index in [0.717, 1.165) is 15.9 Å². The van der Waals surface area contributed by atoms with Crippen molar-refractivity contribution in [2.45, 2.75) is 25.8 Å². The Kier molecular flexibility index (Phi) is 4.34. The van der Waals surface area contributed by atoms with Crippen LogP contribution in [0.5, 0.6) is 0 Å². The first-order valence-corrected chi connectivity index (χ1v) is 6.82. The van der Waals surface area contributed by atoms with Crippen LogP contribution in [0.3, 0.4) is 0 Å².